The Morgan fingerprint density at radius 2 is 1.95 bits per heavy atom. The highest BCUT2D eigenvalue weighted by molar-refractivity contribution is 5.69. The van der Waals surface area contributed by atoms with Gasteiger partial charge in [-0.15, -0.1) is 0 Å². The molecule has 1 aromatic carbocycles. The van der Waals surface area contributed by atoms with Crippen molar-refractivity contribution in [3.05, 3.63) is 35.4 Å². The normalized spacial score (nSPS) is 10.7. The second-order valence-corrected chi connectivity index (χ2v) is 4.79. The fraction of sp³-hybridized carbons (Fsp3) is 0.333. The molecule has 2 N–H and O–H groups in total. The van der Waals surface area contributed by atoms with Crippen molar-refractivity contribution in [3.8, 4) is 17.3 Å². The van der Waals surface area contributed by atoms with Gasteiger partial charge < -0.3 is 5.73 Å². The van der Waals surface area contributed by atoms with Gasteiger partial charge in [-0.1, -0.05) is 19.1 Å². The monoisotopic (exact) mass is 254 g/mol. The van der Waals surface area contributed by atoms with E-state index >= 15 is 0 Å². The molecule has 2 aromatic rings. The van der Waals surface area contributed by atoms with Gasteiger partial charge in [0.15, 0.2) is 0 Å². The maximum atomic E-state index is 8.83. The fourth-order valence-corrected chi connectivity index (χ4v) is 2.16. The molecule has 0 radical (unpaired) electrons. The molecule has 98 valence electrons. The highest BCUT2D eigenvalue weighted by Gasteiger charge is 2.16. The summed E-state index contributed by atoms with van der Waals surface area (Å²) in [7, 11) is 0. The molecule has 1 aromatic heterocycles. The Morgan fingerprint density at radius 1 is 1.32 bits per heavy atom. The molecule has 0 aliphatic rings. The number of aromatic nitrogens is 2. The number of hydrogen-bond acceptors (Lipinski definition) is 3. The van der Waals surface area contributed by atoms with E-state index < -0.39 is 0 Å². The van der Waals surface area contributed by atoms with Crippen LogP contribution in [0.2, 0.25) is 0 Å². The lowest BCUT2D eigenvalue weighted by Gasteiger charge is -2.07. The van der Waals surface area contributed by atoms with Crippen LogP contribution in [0, 0.1) is 11.3 Å². The van der Waals surface area contributed by atoms with Crippen LogP contribution in [0.15, 0.2) is 24.3 Å². The van der Waals surface area contributed by atoms with Crippen LogP contribution in [0.25, 0.3) is 11.3 Å². The largest absolute Gasteiger partial charge is 0.384 e. The predicted octanol–water partition coefficient (Wildman–Crippen LogP) is 3.15. The van der Waals surface area contributed by atoms with Gasteiger partial charge in [0.05, 0.1) is 17.3 Å². The molecule has 0 fully saturated rings. The van der Waals surface area contributed by atoms with Gasteiger partial charge in [0.25, 0.3) is 0 Å². The first-order valence-electron chi connectivity index (χ1n) is 6.45. The maximum Gasteiger partial charge on any atom is 0.125 e. The molecule has 0 saturated heterocycles. The molecule has 19 heavy (non-hydrogen) atoms. The Balaban J connectivity index is 2.55. The summed E-state index contributed by atoms with van der Waals surface area (Å²) in [5.41, 5.74) is 9.79. The second-order valence-electron chi connectivity index (χ2n) is 4.79. The second kappa shape index (κ2) is 5.15. The van der Waals surface area contributed by atoms with E-state index in [1.807, 2.05) is 16.8 Å². The summed E-state index contributed by atoms with van der Waals surface area (Å²) in [6.45, 7) is 6.20. The van der Waals surface area contributed by atoms with Crippen LogP contribution in [0.1, 0.15) is 37.9 Å². The molecular formula is C15H18N4. The zero-order valence-electron chi connectivity index (χ0n) is 11.5. The smallest absolute Gasteiger partial charge is 0.125 e. The predicted molar refractivity (Wildman–Crippen MR) is 76.6 cm³/mol. The molecule has 0 aliphatic carbocycles. The van der Waals surface area contributed by atoms with E-state index in [0.717, 1.165) is 29.1 Å². The highest BCUT2D eigenvalue weighted by atomic mass is 15.3. The lowest BCUT2D eigenvalue weighted by molar-refractivity contribution is 0.542. The first-order valence-corrected chi connectivity index (χ1v) is 6.45. The Kier molecular flexibility index (Phi) is 3.57. The molecular weight excluding hydrogens is 236 g/mol. The standard InChI is InChI=1S/C15H18N4/c1-4-13-14(18-19(10(2)3)15(13)17)12-7-5-11(9-16)6-8-12/h5-8,10H,4,17H2,1-3H3. The lowest BCUT2D eigenvalue weighted by Crippen LogP contribution is -2.07. The minimum Gasteiger partial charge on any atom is -0.384 e. The van der Waals surface area contributed by atoms with Crippen molar-refractivity contribution in [2.24, 2.45) is 0 Å². The average molecular weight is 254 g/mol. The third kappa shape index (κ3) is 2.32. The van der Waals surface area contributed by atoms with Crippen LogP contribution < -0.4 is 5.73 Å². The number of rotatable bonds is 3. The van der Waals surface area contributed by atoms with Gasteiger partial charge in [-0.25, -0.2) is 4.68 Å². The van der Waals surface area contributed by atoms with Gasteiger partial charge in [0.2, 0.25) is 0 Å². The molecule has 0 unspecified atom stereocenters. The van der Waals surface area contributed by atoms with E-state index in [-0.39, 0.29) is 6.04 Å². The van der Waals surface area contributed by atoms with E-state index in [0.29, 0.717) is 5.56 Å². The van der Waals surface area contributed by atoms with Crippen LogP contribution in [0.5, 0.6) is 0 Å². The van der Waals surface area contributed by atoms with Gasteiger partial charge >= 0.3 is 0 Å². The lowest BCUT2D eigenvalue weighted by atomic mass is 10.0. The number of anilines is 1. The van der Waals surface area contributed by atoms with Crippen LogP contribution in [0.3, 0.4) is 0 Å². The average Bonchev–Trinajstić information content (AvgIpc) is 2.76. The molecule has 0 amide bonds. The number of nitrogens with two attached hydrogens (primary N) is 1. The summed E-state index contributed by atoms with van der Waals surface area (Å²) in [5.74, 6) is 0.733. The molecule has 4 nitrogen and oxygen atoms in total. The number of nitriles is 1. The fourth-order valence-electron chi connectivity index (χ4n) is 2.16. The first kappa shape index (κ1) is 13.2. The first-order chi connectivity index (χ1) is 9.08. The summed E-state index contributed by atoms with van der Waals surface area (Å²) in [4.78, 5) is 0. The number of hydrogen-bond donors (Lipinski definition) is 1. The molecule has 0 atom stereocenters. The van der Waals surface area contributed by atoms with Crippen LogP contribution in [-0.2, 0) is 6.42 Å². The van der Waals surface area contributed by atoms with Crippen molar-refractivity contribution in [2.75, 3.05) is 5.73 Å². The molecule has 4 heteroatoms. The quantitative estimate of drug-likeness (QED) is 0.914. The summed E-state index contributed by atoms with van der Waals surface area (Å²) in [6.07, 6.45) is 0.841. The maximum absolute atomic E-state index is 8.83. The Morgan fingerprint density at radius 3 is 2.42 bits per heavy atom. The van der Waals surface area contributed by atoms with Gasteiger partial charge in [-0.05, 0) is 32.4 Å². The molecule has 1 heterocycles. The molecule has 0 saturated carbocycles. The third-order valence-electron chi connectivity index (χ3n) is 3.18. The highest BCUT2D eigenvalue weighted by Crippen LogP contribution is 2.29. The van der Waals surface area contributed by atoms with Crippen molar-refractivity contribution < 1.29 is 0 Å². The zero-order chi connectivity index (χ0) is 14.0. The SMILES string of the molecule is CCc1c(-c2ccc(C#N)cc2)nn(C(C)C)c1N. The summed E-state index contributed by atoms with van der Waals surface area (Å²) in [5, 5.41) is 13.4. The third-order valence-corrected chi connectivity index (χ3v) is 3.18. The Labute approximate surface area is 113 Å². The van der Waals surface area contributed by atoms with Crippen LogP contribution in [-0.4, -0.2) is 9.78 Å². The minimum absolute atomic E-state index is 0.234. The van der Waals surface area contributed by atoms with Gasteiger partial charge in [0, 0.05) is 17.2 Å². The number of nitrogen functional groups attached to an aromatic ring is 1. The topological polar surface area (TPSA) is 67.6 Å². The Hall–Kier alpha value is -2.28. The van der Waals surface area contributed by atoms with Gasteiger partial charge in [0.1, 0.15) is 5.82 Å². The van der Waals surface area contributed by atoms with Gasteiger partial charge in [-0.3, -0.25) is 0 Å². The van der Waals surface area contributed by atoms with Crippen LogP contribution in [0.4, 0.5) is 5.82 Å². The zero-order valence-corrected chi connectivity index (χ0v) is 11.5. The number of nitrogens with zero attached hydrogens (tertiary/aromatic N) is 3. The van der Waals surface area contributed by atoms with Crippen molar-refractivity contribution >= 4 is 5.82 Å². The number of benzene rings is 1. The molecule has 0 spiro atoms. The Bertz CT molecular complexity index is 615. The van der Waals surface area contributed by atoms with E-state index in [1.165, 1.54) is 0 Å². The van der Waals surface area contributed by atoms with Crippen molar-refractivity contribution in [1.82, 2.24) is 9.78 Å². The van der Waals surface area contributed by atoms with E-state index in [2.05, 4.69) is 31.9 Å². The van der Waals surface area contributed by atoms with Crippen molar-refractivity contribution in [3.63, 3.8) is 0 Å². The summed E-state index contributed by atoms with van der Waals surface area (Å²) < 4.78 is 1.85. The summed E-state index contributed by atoms with van der Waals surface area (Å²) in [6, 6.07) is 9.80. The van der Waals surface area contributed by atoms with Crippen molar-refractivity contribution in [1.29, 1.82) is 5.26 Å². The molecule has 0 bridgehead atoms. The van der Waals surface area contributed by atoms with Gasteiger partial charge in [-0.2, -0.15) is 10.4 Å². The molecule has 2 rings (SSSR count). The van der Waals surface area contributed by atoms with E-state index in [1.54, 1.807) is 12.1 Å². The molecule has 0 aliphatic heterocycles. The van der Waals surface area contributed by atoms with Crippen molar-refractivity contribution in [2.45, 2.75) is 33.2 Å². The van der Waals surface area contributed by atoms with E-state index in [4.69, 9.17) is 11.0 Å². The van der Waals surface area contributed by atoms with E-state index in [9.17, 15) is 0 Å². The summed E-state index contributed by atoms with van der Waals surface area (Å²) >= 11 is 0. The van der Waals surface area contributed by atoms with Crippen LogP contribution >= 0.6 is 0 Å². The minimum atomic E-state index is 0.234.